The van der Waals surface area contributed by atoms with Gasteiger partial charge in [-0.05, 0) is 78.6 Å². The molecule has 0 atom stereocenters. The number of hydrogen-bond acceptors (Lipinski definition) is 5. The minimum absolute atomic E-state index is 0.0802. The fraction of sp³-hybridized carbons (Fsp3) is 0.333. The number of nitrogens with zero attached hydrogens (tertiary/aromatic N) is 3. The van der Waals surface area contributed by atoms with Gasteiger partial charge < -0.3 is 15.6 Å². The number of anilines is 1. The van der Waals surface area contributed by atoms with Crippen molar-refractivity contribution in [1.29, 1.82) is 5.26 Å². The molecule has 3 N–H and O–H groups in total. The van der Waals surface area contributed by atoms with Gasteiger partial charge in [-0.25, -0.2) is 0 Å². The number of amides is 1. The molecule has 2 aliphatic rings. The maximum absolute atomic E-state index is 13.2. The lowest BCUT2D eigenvalue weighted by Crippen LogP contribution is -2.45. The third-order valence-corrected chi connectivity index (χ3v) is 8.45. The lowest BCUT2D eigenvalue weighted by molar-refractivity contribution is -0.137. The van der Waals surface area contributed by atoms with Crippen molar-refractivity contribution in [2.75, 3.05) is 31.6 Å². The van der Waals surface area contributed by atoms with Crippen molar-refractivity contribution in [3.05, 3.63) is 100 Å². The number of halogens is 3. The molecule has 2 aliphatic heterocycles. The minimum Gasteiger partial charge on any atom is -0.372 e. The highest BCUT2D eigenvalue weighted by atomic mass is 19.4. The van der Waals surface area contributed by atoms with E-state index < -0.39 is 11.7 Å². The molecule has 7 nitrogen and oxygen atoms in total. The fourth-order valence-corrected chi connectivity index (χ4v) is 5.97. The number of aromatic nitrogens is 1. The number of hydrogen-bond donors (Lipinski definition) is 3. The van der Waals surface area contributed by atoms with E-state index in [1.165, 1.54) is 0 Å². The van der Waals surface area contributed by atoms with E-state index in [0.717, 1.165) is 84.4 Å². The van der Waals surface area contributed by atoms with Crippen molar-refractivity contribution in [2.24, 2.45) is 0 Å². The number of rotatable bonds is 7. The quantitative estimate of drug-likeness (QED) is 0.252. The van der Waals surface area contributed by atoms with Crippen molar-refractivity contribution < 1.29 is 18.0 Å². The molecule has 43 heavy (non-hydrogen) atoms. The van der Waals surface area contributed by atoms with Crippen LogP contribution in [0.15, 0.2) is 66.7 Å². The van der Waals surface area contributed by atoms with Gasteiger partial charge in [0.1, 0.15) is 0 Å². The molecule has 0 saturated carbocycles. The first kappa shape index (κ1) is 28.8. The Morgan fingerprint density at radius 3 is 2.42 bits per heavy atom. The van der Waals surface area contributed by atoms with Crippen LogP contribution in [0.4, 0.5) is 18.9 Å². The van der Waals surface area contributed by atoms with E-state index in [2.05, 4.69) is 31.5 Å². The smallest absolute Gasteiger partial charge is 0.372 e. The number of fused-ring (bicyclic) bond motifs is 3. The summed E-state index contributed by atoms with van der Waals surface area (Å²) < 4.78 is 38.8. The first-order valence-electron chi connectivity index (χ1n) is 14.5. The van der Waals surface area contributed by atoms with Crippen LogP contribution in [0.25, 0.3) is 10.9 Å². The summed E-state index contributed by atoms with van der Waals surface area (Å²) in [5, 5.41) is 16.6. The third kappa shape index (κ3) is 6.69. The van der Waals surface area contributed by atoms with Crippen LogP contribution < -0.4 is 10.6 Å². The highest BCUT2D eigenvalue weighted by molar-refractivity contribution is 5.99. The van der Waals surface area contributed by atoms with Gasteiger partial charge in [-0.15, -0.1) is 0 Å². The number of nitrogens with one attached hydrogen (secondary N) is 3. The maximum Gasteiger partial charge on any atom is 0.416 e. The molecular weight excluding hydrogens is 553 g/mol. The normalized spacial score (nSPS) is 16.5. The van der Waals surface area contributed by atoms with Gasteiger partial charge in [-0.1, -0.05) is 12.1 Å². The van der Waals surface area contributed by atoms with Gasteiger partial charge in [-0.2, -0.15) is 18.4 Å². The van der Waals surface area contributed by atoms with E-state index in [1.807, 2.05) is 30.3 Å². The molecule has 3 aromatic carbocycles. The molecule has 1 saturated heterocycles. The van der Waals surface area contributed by atoms with Crippen LogP contribution in [0.3, 0.4) is 0 Å². The average Bonchev–Trinajstić information content (AvgIpc) is 3.38. The number of benzene rings is 3. The number of likely N-dealkylation sites (tertiary alicyclic amines) is 1. The Hall–Kier alpha value is -4.33. The van der Waals surface area contributed by atoms with Gasteiger partial charge in [0.25, 0.3) is 5.91 Å². The van der Waals surface area contributed by atoms with E-state index in [-0.39, 0.29) is 11.9 Å². The summed E-state index contributed by atoms with van der Waals surface area (Å²) in [5.74, 6) is -0.0802. The highest BCUT2D eigenvalue weighted by Crippen LogP contribution is 2.31. The number of carbonyl (C=O) groups excluding carboxylic acids is 1. The summed E-state index contributed by atoms with van der Waals surface area (Å²) in [4.78, 5) is 21.3. The highest BCUT2D eigenvalue weighted by Gasteiger charge is 2.30. The number of piperidine rings is 1. The van der Waals surface area contributed by atoms with E-state index in [9.17, 15) is 18.0 Å². The standard InChI is InChI=1S/C33H33F3N6O/c34-33(35,36)25-6-1-23(2-7-25)19-42-16-13-31-29(20-42)28-17-24(5-10-30(28)40-31)32(43)39-27-11-14-41(15-12-27)21-38-26-8-3-22(18-37)4-9-26/h1-10,17,27,38,40H,11-16,19-21H2,(H,39,43). The number of aromatic amines is 1. The summed E-state index contributed by atoms with van der Waals surface area (Å²) in [6.45, 7) is 4.47. The van der Waals surface area contributed by atoms with Crippen LogP contribution in [0.5, 0.6) is 0 Å². The molecule has 0 spiro atoms. The molecule has 10 heteroatoms. The molecule has 1 aromatic heterocycles. The number of alkyl halides is 3. The number of carbonyl (C=O) groups is 1. The first-order chi connectivity index (χ1) is 20.7. The van der Waals surface area contributed by atoms with E-state index in [4.69, 9.17) is 5.26 Å². The Morgan fingerprint density at radius 1 is 0.977 bits per heavy atom. The maximum atomic E-state index is 13.2. The molecule has 0 aliphatic carbocycles. The summed E-state index contributed by atoms with van der Waals surface area (Å²) >= 11 is 0. The second-order valence-electron chi connectivity index (χ2n) is 11.4. The third-order valence-electron chi connectivity index (χ3n) is 8.45. The van der Waals surface area contributed by atoms with E-state index in [0.29, 0.717) is 30.9 Å². The van der Waals surface area contributed by atoms with E-state index in [1.54, 1.807) is 24.3 Å². The molecule has 222 valence electrons. The lowest BCUT2D eigenvalue weighted by Gasteiger charge is -2.32. The topological polar surface area (TPSA) is 87.2 Å². The van der Waals surface area contributed by atoms with Crippen LogP contribution in [0, 0.1) is 11.3 Å². The predicted molar refractivity (Wildman–Crippen MR) is 159 cm³/mol. The second kappa shape index (κ2) is 12.1. The minimum atomic E-state index is -4.34. The summed E-state index contributed by atoms with van der Waals surface area (Å²) in [7, 11) is 0. The van der Waals surface area contributed by atoms with Gasteiger partial charge in [0, 0.05) is 73.0 Å². The fourth-order valence-electron chi connectivity index (χ4n) is 5.97. The van der Waals surface area contributed by atoms with Crippen molar-refractivity contribution in [3.63, 3.8) is 0 Å². The molecule has 0 bridgehead atoms. The van der Waals surface area contributed by atoms with E-state index >= 15 is 0 Å². The molecule has 4 aromatic rings. The zero-order valence-electron chi connectivity index (χ0n) is 23.7. The Kier molecular flexibility index (Phi) is 8.10. The van der Waals surface area contributed by atoms with Crippen LogP contribution in [-0.2, 0) is 25.7 Å². The van der Waals surface area contributed by atoms with Crippen LogP contribution >= 0.6 is 0 Å². The van der Waals surface area contributed by atoms with Crippen LogP contribution in [-0.4, -0.2) is 53.0 Å². The Bertz CT molecular complexity index is 1630. The molecule has 6 rings (SSSR count). The largest absolute Gasteiger partial charge is 0.416 e. The van der Waals surface area contributed by atoms with Crippen LogP contribution in [0.1, 0.15) is 51.1 Å². The van der Waals surface area contributed by atoms with Crippen molar-refractivity contribution in [2.45, 2.75) is 44.6 Å². The molecule has 0 radical (unpaired) electrons. The lowest BCUT2D eigenvalue weighted by atomic mass is 10.0. The average molecular weight is 587 g/mol. The monoisotopic (exact) mass is 586 g/mol. The molecule has 1 amide bonds. The Labute approximate surface area is 248 Å². The Balaban J connectivity index is 1.04. The van der Waals surface area contributed by atoms with Crippen molar-refractivity contribution >= 4 is 22.5 Å². The van der Waals surface area contributed by atoms with Gasteiger partial charge in [0.15, 0.2) is 0 Å². The van der Waals surface area contributed by atoms with Gasteiger partial charge in [0.05, 0.1) is 23.9 Å². The molecule has 3 heterocycles. The number of nitriles is 1. The zero-order valence-corrected chi connectivity index (χ0v) is 23.7. The summed E-state index contributed by atoms with van der Waals surface area (Å²) in [6, 6.07) is 20.8. The predicted octanol–water partition coefficient (Wildman–Crippen LogP) is 5.88. The zero-order chi connectivity index (χ0) is 30.0. The number of H-pyrrole nitrogens is 1. The van der Waals surface area contributed by atoms with Crippen molar-refractivity contribution in [1.82, 2.24) is 20.1 Å². The molecule has 0 unspecified atom stereocenters. The summed E-state index contributed by atoms with van der Waals surface area (Å²) in [6.07, 6.45) is -1.80. The first-order valence-corrected chi connectivity index (χ1v) is 14.5. The molecule has 1 fully saturated rings. The molecular formula is C33H33F3N6O. The van der Waals surface area contributed by atoms with Crippen LogP contribution in [0.2, 0.25) is 0 Å². The Morgan fingerprint density at radius 2 is 1.72 bits per heavy atom. The van der Waals surface area contributed by atoms with Gasteiger partial charge >= 0.3 is 6.18 Å². The van der Waals surface area contributed by atoms with Crippen molar-refractivity contribution in [3.8, 4) is 6.07 Å². The summed E-state index contributed by atoms with van der Waals surface area (Å²) in [5.41, 5.74) is 5.72. The van der Waals surface area contributed by atoms with Gasteiger partial charge in [-0.3, -0.25) is 14.6 Å². The second-order valence-corrected chi connectivity index (χ2v) is 11.4. The SMILES string of the molecule is N#Cc1ccc(NCN2CCC(NC(=O)c3ccc4[nH]c5c(c4c3)CN(Cc3ccc(C(F)(F)F)cc3)CC5)CC2)cc1. The van der Waals surface area contributed by atoms with Gasteiger partial charge in [0.2, 0.25) is 0 Å².